The first kappa shape index (κ1) is 13.6. The third kappa shape index (κ3) is 8.96. The SMILES string of the molecule is C=C(CCCOCCOC(C)=O)C(=O)O. The predicted octanol–water partition coefficient (Wildman–Crippen LogP) is 0.987. The summed E-state index contributed by atoms with van der Waals surface area (Å²) in [7, 11) is 0. The lowest BCUT2D eigenvalue weighted by atomic mass is 10.2. The number of carboxylic acid groups (broad SMARTS) is 1. The molecule has 15 heavy (non-hydrogen) atoms. The third-order valence-electron chi connectivity index (χ3n) is 1.60. The summed E-state index contributed by atoms with van der Waals surface area (Å²) in [4.78, 5) is 20.7. The first-order valence-electron chi connectivity index (χ1n) is 4.66. The second-order valence-electron chi connectivity index (χ2n) is 2.96. The Morgan fingerprint density at radius 2 is 1.93 bits per heavy atom. The molecule has 0 saturated carbocycles. The van der Waals surface area contributed by atoms with Crippen LogP contribution in [-0.2, 0) is 19.1 Å². The van der Waals surface area contributed by atoms with Gasteiger partial charge in [0.05, 0.1) is 6.61 Å². The zero-order valence-electron chi connectivity index (χ0n) is 8.82. The minimum atomic E-state index is -0.977. The van der Waals surface area contributed by atoms with Crippen LogP contribution in [0.15, 0.2) is 12.2 Å². The maximum atomic E-state index is 10.3. The minimum absolute atomic E-state index is 0.179. The van der Waals surface area contributed by atoms with E-state index in [0.717, 1.165) is 0 Å². The van der Waals surface area contributed by atoms with Crippen LogP contribution < -0.4 is 0 Å². The van der Waals surface area contributed by atoms with Gasteiger partial charge in [0.25, 0.3) is 0 Å². The van der Waals surface area contributed by atoms with Crippen molar-refractivity contribution in [2.75, 3.05) is 19.8 Å². The van der Waals surface area contributed by atoms with E-state index in [2.05, 4.69) is 11.3 Å². The first-order valence-corrected chi connectivity index (χ1v) is 4.66. The molecule has 0 rings (SSSR count). The Labute approximate surface area is 88.7 Å². The molecule has 5 nitrogen and oxygen atoms in total. The molecule has 0 atom stereocenters. The second-order valence-corrected chi connectivity index (χ2v) is 2.96. The number of carboxylic acids is 1. The molecule has 86 valence electrons. The molecule has 0 amide bonds. The molecule has 0 fully saturated rings. The van der Waals surface area contributed by atoms with E-state index in [4.69, 9.17) is 9.84 Å². The van der Waals surface area contributed by atoms with Crippen LogP contribution in [0, 0.1) is 0 Å². The van der Waals surface area contributed by atoms with E-state index in [1.165, 1.54) is 6.92 Å². The molecule has 0 unspecified atom stereocenters. The van der Waals surface area contributed by atoms with Crippen LogP contribution >= 0.6 is 0 Å². The average Bonchev–Trinajstić information content (AvgIpc) is 2.15. The lowest BCUT2D eigenvalue weighted by Gasteiger charge is -2.04. The number of carbonyl (C=O) groups excluding carboxylic acids is 1. The summed E-state index contributed by atoms with van der Waals surface area (Å²) in [6.07, 6.45) is 1.01. The van der Waals surface area contributed by atoms with E-state index in [1.807, 2.05) is 0 Å². The zero-order valence-corrected chi connectivity index (χ0v) is 8.82. The van der Waals surface area contributed by atoms with Gasteiger partial charge in [-0.2, -0.15) is 0 Å². The van der Waals surface area contributed by atoms with Crippen LogP contribution in [0.5, 0.6) is 0 Å². The van der Waals surface area contributed by atoms with Gasteiger partial charge in [-0.25, -0.2) is 4.79 Å². The topological polar surface area (TPSA) is 72.8 Å². The Kier molecular flexibility index (Phi) is 7.27. The van der Waals surface area contributed by atoms with Gasteiger partial charge in [-0.3, -0.25) is 4.79 Å². The number of rotatable bonds is 8. The van der Waals surface area contributed by atoms with E-state index in [0.29, 0.717) is 26.1 Å². The fraction of sp³-hybridized carbons (Fsp3) is 0.600. The number of aliphatic carboxylic acids is 1. The van der Waals surface area contributed by atoms with Gasteiger partial charge < -0.3 is 14.6 Å². The van der Waals surface area contributed by atoms with Crippen molar-refractivity contribution in [3.05, 3.63) is 12.2 Å². The molecule has 0 aromatic carbocycles. The Hall–Kier alpha value is -1.36. The molecule has 0 bridgehead atoms. The Balaban J connectivity index is 3.22. The number of ether oxygens (including phenoxy) is 2. The van der Waals surface area contributed by atoms with Crippen molar-refractivity contribution in [2.45, 2.75) is 19.8 Å². The molecular formula is C10H16O5. The Morgan fingerprint density at radius 1 is 1.27 bits per heavy atom. The van der Waals surface area contributed by atoms with Gasteiger partial charge in [-0.1, -0.05) is 6.58 Å². The summed E-state index contributed by atoms with van der Waals surface area (Å²) in [5, 5.41) is 8.49. The van der Waals surface area contributed by atoms with E-state index >= 15 is 0 Å². The van der Waals surface area contributed by atoms with E-state index in [-0.39, 0.29) is 18.1 Å². The summed E-state index contributed by atoms with van der Waals surface area (Å²) in [6.45, 7) is 5.72. The summed E-state index contributed by atoms with van der Waals surface area (Å²) in [6, 6.07) is 0. The summed E-state index contributed by atoms with van der Waals surface area (Å²) < 4.78 is 9.74. The van der Waals surface area contributed by atoms with Crippen molar-refractivity contribution in [1.82, 2.24) is 0 Å². The van der Waals surface area contributed by atoms with Crippen molar-refractivity contribution in [3.63, 3.8) is 0 Å². The molecule has 1 N–H and O–H groups in total. The number of esters is 1. The van der Waals surface area contributed by atoms with Gasteiger partial charge >= 0.3 is 11.9 Å². The maximum Gasteiger partial charge on any atom is 0.330 e. The molecule has 0 radical (unpaired) electrons. The molecule has 0 aromatic rings. The van der Waals surface area contributed by atoms with Crippen molar-refractivity contribution in [1.29, 1.82) is 0 Å². The van der Waals surface area contributed by atoms with Crippen molar-refractivity contribution < 1.29 is 24.2 Å². The zero-order chi connectivity index (χ0) is 11.7. The smallest absolute Gasteiger partial charge is 0.330 e. The lowest BCUT2D eigenvalue weighted by molar-refractivity contribution is -0.142. The number of carbonyl (C=O) groups is 2. The first-order chi connectivity index (χ1) is 7.04. The van der Waals surface area contributed by atoms with Crippen molar-refractivity contribution >= 4 is 11.9 Å². The number of hydrogen-bond acceptors (Lipinski definition) is 4. The van der Waals surface area contributed by atoms with Crippen molar-refractivity contribution in [3.8, 4) is 0 Å². The van der Waals surface area contributed by atoms with Gasteiger partial charge in [0.15, 0.2) is 0 Å². The maximum absolute atomic E-state index is 10.3. The molecule has 5 heteroatoms. The van der Waals surface area contributed by atoms with Crippen LogP contribution in [0.25, 0.3) is 0 Å². The van der Waals surface area contributed by atoms with E-state index < -0.39 is 5.97 Å². The lowest BCUT2D eigenvalue weighted by Crippen LogP contribution is -2.08. The Morgan fingerprint density at radius 3 is 2.47 bits per heavy atom. The molecule has 0 aromatic heterocycles. The summed E-state index contributed by atoms with van der Waals surface area (Å²) in [5.41, 5.74) is 0.179. The minimum Gasteiger partial charge on any atom is -0.478 e. The fourth-order valence-electron chi connectivity index (χ4n) is 0.841. The molecule has 0 heterocycles. The number of hydrogen-bond donors (Lipinski definition) is 1. The monoisotopic (exact) mass is 216 g/mol. The highest BCUT2D eigenvalue weighted by molar-refractivity contribution is 5.85. The fourth-order valence-corrected chi connectivity index (χ4v) is 0.841. The average molecular weight is 216 g/mol. The van der Waals surface area contributed by atoms with Crippen LogP contribution in [0.2, 0.25) is 0 Å². The molecule has 0 aliphatic heterocycles. The third-order valence-corrected chi connectivity index (χ3v) is 1.60. The molecule has 0 aliphatic carbocycles. The summed E-state index contributed by atoms with van der Waals surface area (Å²) >= 11 is 0. The molecule has 0 saturated heterocycles. The quantitative estimate of drug-likeness (QED) is 0.372. The van der Waals surface area contributed by atoms with E-state index in [1.54, 1.807) is 0 Å². The van der Waals surface area contributed by atoms with Gasteiger partial charge in [0.1, 0.15) is 6.61 Å². The highest BCUT2D eigenvalue weighted by Gasteiger charge is 2.02. The molecule has 0 aliphatic rings. The standard InChI is InChI=1S/C10H16O5/c1-8(10(12)13)4-3-5-14-6-7-15-9(2)11/h1,3-7H2,2H3,(H,12,13). The highest BCUT2D eigenvalue weighted by atomic mass is 16.6. The normalized spacial score (nSPS) is 9.67. The second kappa shape index (κ2) is 7.99. The van der Waals surface area contributed by atoms with Gasteiger partial charge in [0.2, 0.25) is 0 Å². The van der Waals surface area contributed by atoms with Crippen LogP contribution in [0.1, 0.15) is 19.8 Å². The van der Waals surface area contributed by atoms with Crippen LogP contribution in [-0.4, -0.2) is 36.9 Å². The van der Waals surface area contributed by atoms with E-state index in [9.17, 15) is 9.59 Å². The van der Waals surface area contributed by atoms with Crippen LogP contribution in [0.4, 0.5) is 0 Å². The molecular weight excluding hydrogens is 200 g/mol. The van der Waals surface area contributed by atoms with Gasteiger partial charge in [0, 0.05) is 19.1 Å². The molecule has 0 spiro atoms. The predicted molar refractivity (Wildman–Crippen MR) is 53.5 cm³/mol. The highest BCUT2D eigenvalue weighted by Crippen LogP contribution is 2.01. The largest absolute Gasteiger partial charge is 0.478 e. The Bertz CT molecular complexity index is 234. The summed E-state index contributed by atoms with van der Waals surface area (Å²) in [5.74, 6) is -1.31. The van der Waals surface area contributed by atoms with Gasteiger partial charge in [-0.05, 0) is 12.8 Å². The van der Waals surface area contributed by atoms with Gasteiger partial charge in [-0.15, -0.1) is 0 Å². The van der Waals surface area contributed by atoms with Crippen LogP contribution in [0.3, 0.4) is 0 Å². The van der Waals surface area contributed by atoms with Crippen molar-refractivity contribution in [2.24, 2.45) is 0 Å².